The molecule has 0 aliphatic carbocycles. The maximum Gasteiger partial charge on any atom is 0.339 e. The second kappa shape index (κ2) is 3.45. The van der Waals surface area contributed by atoms with Gasteiger partial charge < -0.3 is 10.2 Å². The molecule has 5 nitrogen and oxygen atoms in total. The fraction of sp³-hybridized carbons (Fsp3) is 0. The Morgan fingerprint density at radius 1 is 1.40 bits per heavy atom. The molecule has 76 valence electrons. The van der Waals surface area contributed by atoms with Crippen LogP contribution in [0.1, 0.15) is 10.4 Å². The zero-order valence-corrected chi connectivity index (χ0v) is 7.66. The van der Waals surface area contributed by atoms with Crippen LogP contribution in [0.5, 0.6) is 5.75 Å². The van der Waals surface area contributed by atoms with Crippen LogP contribution >= 0.6 is 0 Å². The second-order valence-corrected chi connectivity index (χ2v) is 2.96. The van der Waals surface area contributed by atoms with E-state index in [2.05, 4.69) is 5.10 Å². The molecule has 0 radical (unpaired) electrons. The largest absolute Gasteiger partial charge is 0.507 e. The van der Waals surface area contributed by atoms with Gasteiger partial charge in [-0.2, -0.15) is 5.10 Å². The predicted octanol–water partition coefficient (Wildman–Crippen LogP) is 1.28. The highest BCUT2D eigenvalue weighted by atomic mass is 16.4. The molecule has 0 unspecified atom stereocenters. The SMILES string of the molecule is O=C(O)c1ccc(-n2cccn2)cc1O. The van der Waals surface area contributed by atoms with Crippen molar-refractivity contribution in [3.63, 3.8) is 0 Å². The van der Waals surface area contributed by atoms with Crippen LogP contribution in [-0.4, -0.2) is 26.0 Å². The lowest BCUT2D eigenvalue weighted by molar-refractivity contribution is 0.0694. The van der Waals surface area contributed by atoms with E-state index in [-0.39, 0.29) is 11.3 Å². The number of hydrogen-bond donors (Lipinski definition) is 2. The van der Waals surface area contributed by atoms with Crippen LogP contribution in [0.15, 0.2) is 36.7 Å². The van der Waals surface area contributed by atoms with Crippen molar-refractivity contribution in [1.82, 2.24) is 9.78 Å². The number of carboxylic acid groups (broad SMARTS) is 1. The van der Waals surface area contributed by atoms with Gasteiger partial charge >= 0.3 is 5.97 Å². The molecule has 0 fully saturated rings. The van der Waals surface area contributed by atoms with Crippen molar-refractivity contribution >= 4 is 5.97 Å². The summed E-state index contributed by atoms with van der Waals surface area (Å²) in [6.07, 6.45) is 3.30. The highest BCUT2D eigenvalue weighted by Gasteiger charge is 2.10. The fourth-order valence-corrected chi connectivity index (χ4v) is 1.26. The normalized spacial score (nSPS) is 10.1. The van der Waals surface area contributed by atoms with Gasteiger partial charge in [0.1, 0.15) is 11.3 Å². The van der Waals surface area contributed by atoms with E-state index >= 15 is 0 Å². The van der Waals surface area contributed by atoms with Crippen LogP contribution in [0.2, 0.25) is 0 Å². The molecule has 1 heterocycles. The minimum atomic E-state index is -1.15. The van der Waals surface area contributed by atoms with Crippen molar-refractivity contribution in [3.05, 3.63) is 42.2 Å². The summed E-state index contributed by atoms with van der Waals surface area (Å²) < 4.78 is 1.53. The van der Waals surface area contributed by atoms with Crippen LogP contribution in [-0.2, 0) is 0 Å². The molecule has 0 saturated carbocycles. The molecule has 0 bridgehead atoms. The van der Waals surface area contributed by atoms with Gasteiger partial charge in [0, 0.05) is 18.5 Å². The first-order chi connectivity index (χ1) is 7.18. The lowest BCUT2D eigenvalue weighted by atomic mass is 10.2. The fourth-order valence-electron chi connectivity index (χ4n) is 1.26. The summed E-state index contributed by atoms with van der Waals surface area (Å²) in [6, 6.07) is 6.02. The standard InChI is InChI=1S/C10H8N2O3/c13-9-6-7(12-5-1-4-11-12)2-3-8(9)10(14)15/h1-6,13H,(H,14,15). The number of benzene rings is 1. The summed E-state index contributed by atoms with van der Waals surface area (Å²) in [7, 11) is 0. The average molecular weight is 204 g/mol. The number of hydrogen-bond acceptors (Lipinski definition) is 3. The number of nitrogens with zero attached hydrogens (tertiary/aromatic N) is 2. The van der Waals surface area contributed by atoms with E-state index in [1.165, 1.54) is 16.8 Å². The van der Waals surface area contributed by atoms with E-state index in [1.807, 2.05) is 0 Å². The smallest absolute Gasteiger partial charge is 0.339 e. The molecule has 0 spiro atoms. The van der Waals surface area contributed by atoms with Gasteiger partial charge in [-0.3, -0.25) is 0 Å². The molecule has 5 heteroatoms. The van der Waals surface area contributed by atoms with Gasteiger partial charge in [-0.05, 0) is 18.2 Å². The average Bonchev–Trinajstić information content (AvgIpc) is 2.69. The maximum absolute atomic E-state index is 10.6. The number of phenols is 1. The van der Waals surface area contributed by atoms with E-state index in [0.29, 0.717) is 5.69 Å². The minimum Gasteiger partial charge on any atom is -0.507 e. The zero-order valence-electron chi connectivity index (χ0n) is 7.66. The number of aromatic nitrogens is 2. The minimum absolute atomic E-state index is 0.120. The summed E-state index contributed by atoms with van der Waals surface area (Å²) in [6.45, 7) is 0. The van der Waals surface area contributed by atoms with Crippen molar-refractivity contribution in [2.24, 2.45) is 0 Å². The Hall–Kier alpha value is -2.30. The second-order valence-electron chi connectivity index (χ2n) is 2.96. The molecule has 0 saturated heterocycles. The Morgan fingerprint density at radius 2 is 2.20 bits per heavy atom. The van der Waals surface area contributed by atoms with Crippen molar-refractivity contribution in [1.29, 1.82) is 0 Å². The zero-order chi connectivity index (χ0) is 10.8. The van der Waals surface area contributed by atoms with Crippen molar-refractivity contribution < 1.29 is 15.0 Å². The van der Waals surface area contributed by atoms with Crippen LogP contribution in [0.3, 0.4) is 0 Å². The highest BCUT2D eigenvalue weighted by molar-refractivity contribution is 5.91. The molecule has 0 aliphatic heterocycles. The van der Waals surface area contributed by atoms with Crippen molar-refractivity contribution in [2.75, 3.05) is 0 Å². The van der Waals surface area contributed by atoms with E-state index in [4.69, 9.17) is 5.11 Å². The molecular weight excluding hydrogens is 196 g/mol. The number of aromatic hydroxyl groups is 1. The lowest BCUT2D eigenvalue weighted by Gasteiger charge is -2.03. The van der Waals surface area contributed by atoms with Gasteiger partial charge in [0.2, 0.25) is 0 Å². The highest BCUT2D eigenvalue weighted by Crippen LogP contribution is 2.20. The number of carboxylic acids is 1. The quantitative estimate of drug-likeness (QED) is 0.772. The molecule has 0 amide bonds. The predicted molar refractivity (Wildman–Crippen MR) is 52.2 cm³/mol. The first-order valence-electron chi connectivity index (χ1n) is 4.25. The van der Waals surface area contributed by atoms with Crippen molar-refractivity contribution in [2.45, 2.75) is 0 Å². The lowest BCUT2D eigenvalue weighted by Crippen LogP contribution is -1.99. The Balaban J connectivity index is 2.47. The van der Waals surface area contributed by atoms with Gasteiger partial charge in [-0.1, -0.05) is 0 Å². The third-order valence-electron chi connectivity index (χ3n) is 1.98. The van der Waals surface area contributed by atoms with E-state index in [0.717, 1.165) is 0 Å². The van der Waals surface area contributed by atoms with Gasteiger partial charge in [0.05, 0.1) is 5.69 Å². The van der Waals surface area contributed by atoms with Gasteiger partial charge in [0.25, 0.3) is 0 Å². The molecule has 1 aromatic carbocycles. The maximum atomic E-state index is 10.6. The van der Waals surface area contributed by atoms with Gasteiger partial charge in [0.15, 0.2) is 0 Å². The number of aromatic carboxylic acids is 1. The molecular formula is C10H8N2O3. The summed E-state index contributed by atoms with van der Waals surface area (Å²) >= 11 is 0. The first kappa shape index (κ1) is 9.26. The van der Waals surface area contributed by atoms with Crippen LogP contribution < -0.4 is 0 Å². The third kappa shape index (κ3) is 1.67. The Morgan fingerprint density at radius 3 is 2.73 bits per heavy atom. The molecule has 2 N–H and O–H groups in total. The Bertz CT molecular complexity index is 491. The molecule has 2 rings (SSSR count). The summed E-state index contributed by atoms with van der Waals surface area (Å²) in [5.74, 6) is -1.42. The van der Waals surface area contributed by atoms with Crippen molar-refractivity contribution in [3.8, 4) is 11.4 Å². The van der Waals surface area contributed by atoms with Gasteiger partial charge in [-0.25, -0.2) is 9.48 Å². The molecule has 0 atom stereocenters. The topological polar surface area (TPSA) is 75.3 Å². The summed E-state index contributed by atoms with van der Waals surface area (Å²) in [4.78, 5) is 10.6. The monoisotopic (exact) mass is 204 g/mol. The molecule has 0 aliphatic rings. The Labute approximate surface area is 85.2 Å². The van der Waals surface area contributed by atoms with Gasteiger partial charge in [-0.15, -0.1) is 0 Å². The van der Waals surface area contributed by atoms with Crippen LogP contribution in [0, 0.1) is 0 Å². The molecule has 1 aromatic heterocycles. The Kier molecular flexibility index (Phi) is 2.13. The van der Waals surface area contributed by atoms with Crippen LogP contribution in [0.25, 0.3) is 5.69 Å². The van der Waals surface area contributed by atoms with Crippen LogP contribution in [0.4, 0.5) is 0 Å². The number of rotatable bonds is 2. The summed E-state index contributed by atoms with van der Waals surface area (Å²) in [5.41, 5.74) is 0.494. The van der Waals surface area contributed by atoms with E-state index in [9.17, 15) is 9.90 Å². The summed E-state index contributed by atoms with van der Waals surface area (Å²) in [5, 5.41) is 22.1. The molecule has 15 heavy (non-hydrogen) atoms. The first-order valence-corrected chi connectivity index (χ1v) is 4.25. The third-order valence-corrected chi connectivity index (χ3v) is 1.98. The number of carbonyl (C=O) groups is 1. The van der Waals surface area contributed by atoms with E-state index in [1.54, 1.807) is 24.5 Å². The van der Waals surface area contributed by atoms with E-state index < -0.39 is 5.97 Å². The molecule has 2 aromatic rings.